The molecule has 0 spiro atoms. The first kappa shape index (κ1) is 24.2. The minimum Gasteiger partial charge on any atom is -0.472 e. The van der Waals surface area contributed by atoms with Crippen molar-refractivity contribution in [1.29, 1.82) is 0 Å². The summed E-state index contributed by atoms with van der Waals surface area (Å²) in [5.41, 5.74) is 8.97. The quantitative estimate of drug-likeness (QED) is 0.222. The molecule has 1 heterocycles. The van der Waals surface area contributed by atoms with Crippen LogP contribution in [0.1, 0.15) is 41.7 Å². The molecular formula is C37H30N2O. The lowest BCUT2D eigenvalue weighted by molar-refractivity contribution is 0.163. The Morgan fingerprint density at radius 1 is 0.775 bits per heavy atom. The molecule has 2 aliphatic rings. The summed E-state index contributed by atoms with van der Waals surface area (Å²) < 4.78 is 7.32. The van der Waals surface area contributed by atoms with Gasteiger partial charge in [-0.2, -0.15) is 0 Å². The lowest BCUT2D eigenvalue weighted by atomic mass is 9.76. The maximum absolute atomic E-state index is 7.61. The zero-order chi connectivity index (χ0) is 27.6. The minimum atomic E-state index is -0.775. The average molecular weight is 519 g/mol. The van der Waals surface area contributed by atoms with Gasteiger partial charge in [-0.15, -0.1) is 0 Å². The third-order valence-corrected chi connectivity index (χ3v) is 8.67. The van der Waals surface area contributed by atoms with Crippen LogP contribution in [0.3, 0.4) is 0 Å². The highest BCUT2D eigenvalue weighted by Crippen LogP contribution is 2.58. The van der Waals surface area contributed by atoms with E-state index in [9.17, 15) is 0 Å². The number of nitrogens with zero attached hydrogens (tertiary/aromatic N) is 2. The van der Waals surface area contributed by atoms with Crippen LogP contribution in [0.4, 0.5) is 11.4 Å². The summed E-state index contributed by atoms with van der Waals surface area (Å²) in [6.07, 6.45) is 4.51. The van der Waals surface area contributed by atoms with Gasteiger partial charge in [-0.3, -0.25) is 0 Å². The molecule has 1 atom stereocenters. The third-order valence-electron chi connectivity index (χ3n) is 8.67. The Labute approximate surface area is 235 Å². The molecule has 0 radical (unpaired) electrons. The summed E-state index contributed by atoms with van der Waals surface area (Å²) in [6, 6.07) is 33.9. The Hall–Kier alpha value is -4.81. The van der Waals surface area contributed by atoms with Gasteiger partial charge in [0, 0.05) is 47.3 Å². The second kappa shape index (κ2) is 8.60. The topological polar surface area (TPSA) is 16.8 Å². The summed E-state index contributed by atoms with van der Waals surface area (Å²) in [5, 5.41) is 2.28. The second-order valence-corrected chi connectivity index (χ2v) is 11.5. The fraction of sp³-hybridized carbons (Fsp3) is 0.162. The molecule has 5 aromatic carbocycles. The van der Waals surface area contributed by atoms with E-state index in [2.05, 4.69) is 135 Å². The Kier molecular flexibility index (Phi) is 5.21. The molecule has 0 fully saturated rings. The van der Waals surface area contributed by atoms with Gasteiger partial charge < -0.3 is 9.64 Å². The summed E-state index contributed by atoms with van der Waals surface area (Å²) in [4.78, 5) is 5.85. The molecule has 0 N–H and O–H groups in total. The summed E-state index contributed by atoms with van der Waals surface area (Å²) in [6.45, 7) is 12.2. The monoisotopic (exact) mass is 518 g/mol. The molecule has 3 nitrogen and oxygen atoms in total. The molecule has 1 aliphatic heterocycles. The van der Waals surface area contributed by atoms with Crippen LogP contribution in [-0.4, -0.2) is 14.1 Å². The molecule has 5 aromatic rings. The van der Waals surface area contributed by atoms with Crippen LogP contribution in [0.5, 0.6) is 5.75 Å². The first-order valence-electron chi connectivity index (χ1n) is 13.7. The average Bonchev–Trinajstić information content (AvgIpc) is 3.23. The zero-order valence-corrected chi connectivity index (χ0v) is 23.2. The molecule has 1 aliphatic carbocycles. The number of rotatable bonds is 3. The van der Waals surface area contributed by atoms with E-state index in [0.29, 0.717) is 5.69 Å². The lowest BCUT2D eigenvalue weighted by Gasteiger charge is -2.38. The van der Waals surface area contributed by atoms with E-state index in [-0.39, 0.29) is 5.41 Å². The van der Waals surface area contributed by atoms with Gasteiger partial charge in [0.05, 0.1) is 6.57 Å². The fourth-order valence-corrected chi connectivity index (χ4v) is 6.66. The predicted molar refractivity (Wildman–Crippen MR) is 165 cm³/mol. The van der Waals surface area contributed by atoms with Gasteiger partial charge in [0.2, 0.25) is 0 Å². The van der Waals surface area contributed by atoms with E-state index in [1.807, 2.05) is 12.1 Å². The number of benzene rings is 5. The van der Waals surface area contributed by atoms with Crippen molar-refractivity contribution in [2.24, 2.45) is 0 Å². The Bertz CT molecular complexity index is 1870. The van der Waals surface area contributed by atoms with Crippen LogP contribution in [0, 0.1) is 6.57 Å². The number of fused-ring (bicyclic) bond motifs is 8. The first-order valence-corrected chi connectivity index (χ1v) is 13.7. The second-order valence-electron chi connectivity index (χ2n) is 11.5. The highest BCUT2D eigenvalue weighted by atomic mass is 16.5. The minimum absolute atomic E-state index is 0.284. The number of hydrogen-bond donors (Lipinski definition) is 0. The lowest BCUT2D eigenvalue weighted by Crippen LogP contribution is -2.35. The molecular weight excluding hydrogens is 488 g/mol. The summed E-state index contributed by atoms with van der Waals surface area (Å²) in [7, 11) is 4.12. The molecule has 194 valence electrons. The highest BCUT2D eigenvalue weighted by molar-refractivity contribution is 6.08. The van der Waals surface area contributed by atoms with Crippen LogP contribution < -0.4 is 9.64 Å². The largest absolute Gasteiger partial charge is 0.472 e. The smallest absolute Gasteiger partial charge is 0.187 e. The SMILES string of the molecule is [C-]#[N+]c1ccc2c(c1)C(C)(C)c1c3c(c4ccccc4c1-2)OC(c1ccccc1)(c1ccc(N(C)C)cc1)C=C3. The van der Waals surface area contributed by atoms with Crippen LogP contribution in [0.25, 0.3) is 32.8 Å². The van der Waals surface area contributed by atoms with Gasteiger partial charge in [0.25, 0.3) is 0 Å². The van der Waals surface area contributed by atoms with E-state index in [4.69, 9.17) is 11.3 Å². The maximum atomic E-state index is 7.61. The first-order chi connectivity index (χ1) is 19.3. The van der Waals surface area contributed by atoms with Crippen molar-refractivity contribution in [3.63, 3.8) is 0 Å². The van der Waals surface area contributed by atoms with Gasteiger partial charge in [0.15, 0.2) is 11.3 Å². The van der Waals surface area contributed by atoms with Crippen molar-refractivity contribution in [2.45, 2.75) is 24.9 Å². The fourth-order valence-electron chi connectivity index (χ4n) is 6.66. The third kappa shape index (κ3) is 3.29. The van der Waals surface area contributed by atoms with Crippen molar-refractivity contribution in [3.05, 3.63) is 142 Å². The zero-order valence-electron chi connectivity index (χ0n) is 23.2. The number of anilines is 1. The van der Waals surface area contributed by atoms with Gasteiger partial charge in [-0.1, -0.05) is 105 Å². The molecule has 1 unspecified atom stereocenters. The molecule has 40 heavy (non-hydrogen) atoms. The van der Waals surface area contributed by atoms with Crippen molar-refractivity contribution < 1.29 is 4.74 Å². The molecule has 3 heteroatoms. The van der Waals surface area contributed by atoms with Gasteiger partial charge >= 0.3 is 0 Å². The summed E-state index contributed by atoms with van der Waals surface area (Å²) >= 11 is 0. The van der Waals surface area contributed by atoms with E-state index in [1.165, 1.54) is 27.6 Å². The molecule has 7 rings (SSSR count). The van der Waals surface area contributed by atoms with Gasteiger partial charge in [-0.05, 0) is 45.8 Å². The van der Waals surface area contributed by atoms with Gasteiger partial charge in [-0.25, -0.2) is 4.85 Å². The standard InChI is InChI=1S/C37H30N2O/c1-36(2)32-23-26(38-3)17-20-30(32)33-28-13-9-10-14-29(28)35-31(34(33)36)21-22-37(40-35,24-11-7-6-8-12-24)25-15-18-27(19-16-25)39(4)5/h6-23H,1-2,4-5H3. The van der Waals surface area contributed by atoms with Crippen LogP contribution in [-0.2, 0) is 11.0 Å². The van der Waals surface area contributed by atoms with Crippen molar-refractivity contribution in [2.75, 3.05) is 19.0 Å². The van der Waals surface area contributed by atoms with Crippen LogP contribution >= 0.6 is 0 Å². The molecule has 0 saturated carbocycles. The van der Waals surface area contributed by atoms with Crippen molar-refractivity contribution >= 4 is 28.2 Å². The molecule has 0 amide bonds. The van der Waals surface area contributed by atoms with E-state index in [0.717, 1.165) is 33.5 Å². The van der Waals surface area contributed by atoms with E-state index in [1.54, 1.807) is 0 Å². The highest BCUT2D eigenvalue weighted by Gasteiger charge is 2.44. The Balaban J connectivity index is 1.52. The van der Waals surface area contributed by atoms with Crippen molar-refractivity contribution in [3.8, 4) is 16.9 Å². The van der Waals surface area contributed by atoms with Crippen LogP contribution in [0.2, 0.25) is 0 Å². The number of ether oxygens (including phenoxy) is 1. The maximum Gasteiger partial charge on any atom is 0.187 e. The molecule has 0 bridgehead atoms. The van der Waals surface area contributed by atoms with Crippen LogP contribution in [0.15, 0.2) is 103 Å². The van der Waals surface area contributed by atoms with Gasteiger partial charge in [0.1, 0.15) is 5.75 Å². The summed E-state index contributed by atoms with van der Waals surface area (Å²) in [5.74, 6) is 0.906. The Morgan fingerprint density at radius 3 is 2.15 bits per heavy atom. The van der Waals surface area contributed by atoms with E-state index < -0.39 is 5.60 Å². The van der Waals surface area contributed by atoms with Crippen molar-refractivity contribution in [1.82, 2.24) is 0 Å². The number of hydrogen-bond acceptors (Lipinski definition) is 2. The normalized spacial score (nSPS) is 17.9. The van der Waals surface area contributed by atoms with E-state index >= 15 is 0 Å². The molecule has 0 aromatic heterocycles. The molecule has 0 saturated heterocycles. The predicted octanol–water partition coefficient (Wildman–Crippen LogP) is 9.11. The Morgan fingerprint density at radius 2 is 1.45 bits per heavy atom.